The highest BCUT2D eigenvalue weighted by molar-refractivity contribution is 5.87. The van der Waals surface area contributed by atoms with Crippen LogP contribution in [0, 0.1) is 6.92 Å². The number of nitrogens with one attached hydrogen (secondary N) is 2. The van der Waals surface area contributed by atoms with E-state index < -0.39 is 5.97 Å². The summed E-state index contributed by atoms with van der Waals surface area (Å²) < 4.78 is 0. The maximum Gasteiger partial charge on any atom is 0.352 e. The average Bonchev–Trinajstić information content (AvgIpc) is 2.79. The molecule has 4 N–H and O–H groups in total. The number of aryl methyl sites for hydroxylation is 1. The molecule has 0 atom stereocenters. The summed E-state index contributed by atoms with van der Waals surface area (Å²) in [5.41, 5.74) is 3.88. The van der Waals surface area contributed by atoms with E-state index in [9.17, 15) is 4.79 Å². The molecule has 0 saturated heterocycles. The summed E-state index contributed by atoms with van der Waals surface area (Å²) in [6.07, 6.45) is 3.08. The van der Waals surface area contributed by atoms with Crippen LogP contribution in [0.2, 0.25) is 0 Å². The molecule has 0 bridgehead atoms. The molecular formula is C10H10N4O3. The van der Waals surface area contributed by atoms with Gasteiger partial charge in [0.1, 0.15) is 5.69 Å². The number of aromatic nitrogens is 3. The molecule has 0 spiro atoms. The third kappa shape index (κ3) is 2.08. The van der Waals surface area contributed by atoms with Crippen molar-refractivity contribution in [2.45, 2.75) is 6.92 Å². The van der Waals surface area contributed by atoms with Crippen LogP contribution in [-0.4, -0.2) is 31.2 Å². The van der Waals surface area contributed by atoms with Crippen molar-refractivity contribution in [3.05, 3.63) is 29.7 Å². The Balaban J connectivity index is 2.47. The Morgan fingerprint density at radius 3 is 2.88 bits per heavy atom. The van der Waals surface area contributed by atoms with Gasteiger partial charge in [-0.05, 0) is 18.6 Å². The zero-order chi connectivity index (χ0) is 12.4. The van der Waals surface area contributed by atoms with E-state index in [4.69, 9.17) is 10.3 Å². The molecule has 7 nitrogen and oxygen atoms in total. The Morgan fingerprint density at radius 1 is 1.53 bits per heavy atom. The summed E-state index contributed by atoms with van der Waals surface area (Å²) in [6.45, 7) is 1.80. The molecule has 88 valence electrons. The van der Waals surface area contributed by atoms with Crippen molar-refractivity contribution in [2.75, 3.05) is 5.48 Å². The monoisotopic (exact) mass is 234 g/mol. The number of carboxylic acids is 1. The van der Waals surface area contributed by atoms with E-state index in [1.165, 1.54) is 12.3 Å². The highest BCUT2D eigenvalue weighted by Gasteiger charge is 2.11. The average molecular weight is 234 g/mol. The highest BCUT2D eigenvalue weighted by Crippen LogP contribution is 2.22. The van der Waals surface area contributed by atoms with Crippen molar-refractivity contribution in [3.8, 4) is 11.3 Å². The molecule has 0 radical (unpaired) electrons. The van der Waals surface area contributed by atoms with E-state index >= 15 is 0 Å². The van der Waals surface area contributed by atoms with E-state index in [-0.39, 0.29) is 11.6 Å². The number of hydrogen-bond acceptors (Lipinski definition) is 5. The van der Waals surface area contributed by atoms with Gasteiger partial charge in [-0.25, -0.2) is 20.2 Å². The zero-order valence-corrected chi connectivity index (χ0v) is 8.93. The lowest BCUT2D eigenvalue weighted by molar-refractivity contribution is 0.0691. The van der Waals surface area contributed by atoms with Crippen LogP contribution in [0.1, 0.15) is 16.1 Å². The molecule has 7 heteroatoms. The minimum atomic E-state index is -1.04. The van der Waals surface area contributed by atoms with Crippen molar-refractivity contribution in [3.63, 3.8) is 0 Å². The van der Waals surface area contributed by atoms with Crippen LogP contribution in [0.4, 0.5) is 5.95 Å². The Labute approximate surface area is 96.1 Å². The predicted molar refractivity (Wildman–Crippen MR) is 58.9 cm³/mol. The van der Waals surface area contributed by atoms with Gasteiger partial charge in [-0.3, -0.25) is 5.21 Å². The van der Waals surface area contributed by atoms with Crippen molar-refractivity contribution < 1.29 is 15.1 Å². The second-order valence-electron chi connectivity index (χ2n) is 3.44. The largest absolute Gasteiger partial charge is 0.477 e. The number of hydrogen-bond donors (Lipinski definition) is 4. The SMILES string of the molecule is Cc1cnc(NO)nc1-c1c[nH]c(C(=O)O)c1. The first-order valence-electron chi connectivity index (χ1n) is 4.77. The molecule has 0 unspecified atom stereocenters. The number of aromatic amines is 1. The molecule has 0 amide bonds. The standard InChI is InChI=1S/C10H10N4O3/c1-5-3-12-10(14-17)13-8(5)6-2-7(9(15)16)11-4-6/h2-4,11,17H,1H3,(H,15,16)(H,12,13,14). The molecule has 2 rings (SSSR count). The molecule has 0 aliphatic heterocycles. The van der Waals surface area contributed by atoms with Crippen LogP contribution in [0.25, 0.3) is 11.3 Å². The lowest BCUT2D eigenvalue weighted by Crippen LogP contribution is -1.99. The van der Waals surface area contributed by atoms with Gasteiger partial charge in [-0.2, -0.15) is 0 Å². The Morgan fingerprint density at radius 2 is 2.29 bits per heavy atom. The lowest BCUT2D eigenvalue weighted by Gasteiger charge is -2.03. The van der Waals surface area contributed by atoms with Gasteiger partial charge in [0, 0.05) is 18.0 Å². The van der Waals surface area contributed by atoms with Crippen LogP contribution in [0.5, 0.6) is 0 Å². The van der Waals surface area contributed by atoms with Crippen LogP contribution in [0.3, 0.4) is 0 Å². The van der Waals surface area contributed by atoms with Crippen molar-refractivity contribution >= 4 is 11.9 Å². The summed E-state index contributed by atoms with van der Waals surface area (Å²) >= 11 is 0. The van der Waals surface area contributed by atoms with E-state index in [0.717, 1.165) is 5.56 Å². The Hall–Kier alpha value is -2.41. The number of H-pyrrole nitrogens is 1. The first-order valence-corrected chi connectivity index (χ1v) is 4.77. The fourth-order valence-corrected chi connectivity index (χ4v) is 1.44. The second-order valence-corrected chi connectivity index (χ2v) is 3.44. The van der Waals surface area contributed by atoms with Gasteiger partial charge >= 0.3 is 5.97 Å². The van der Waals surface area contributed by atoms with Gasteiger partial charge in [0.25, 0.3) is 0 Å². The van der Waals surface area contributed by atoms with E-state index in [1.54, 1.807) is 13.1 Å². The van der Waals surface area contributed by atoms with Crippen molar-refractivity contribution in [2.24, 2.45) is 0 Å². The normalized spacial score (nSPS) is 10.2. The Kier molecular flexibility index (Phi) is 2.75. The van der Waals surface area contributed by atoms with Gasteiger partial charge in [0.15, 0.2) is 0 Å². The van der Waals surface area contributed by atoms with Gasteiger partial charge < -0.3 is 10.1 Å². The molecule has 2 aromatic rings. The zero-order valence-electron chi connectivity index (χ0n) is 8.93. The molecular weight excluding hydrogens is 224 g/mol. The predicted octanol–water partition coefficient (Wildman–Crippen LogP) is 1.28. The third-order valence-electron chi connectivity index (χ3n) is 2.26. The number of anilines is 1. The van der Waals surface area contributed by atoms with Gasteiger partial charge in [-0.1, -0.05) is 0 Å². The van der Waals surface area contributed by atoms with Crippen LogP contribution < -0.4 is 5.48 Å². The fraction of sp³-hybridized carbons (Fsp3) is 0.100. The van der Waals surface area contributed by atoms with Gasteiger partial charge in [0.2, 0.25) is 5.95 Å². The highest BCUT2D eigenvalue weighted by atomic mass is 16.5. The summed E-state index contributed by atoms with van der Waals surface area (Å²) in [6, 6.07) is 1.47. The van der Waals surface area contributed by atoms with Crippen LogP contribution >= 0.6 is 0 Å². The van der Waals surface area contributed by atoms with Crippen LogP contribution in [0.15, 0.2) is 18.5 Å². The van der Waals surface area contributed by atoms with Crippen molar-refractivity contribution in [1.29, 1.82) is 0 Å². The summed E-state index contributed by atoms with van der Waals surface area (Å²) in [5.74, 6) is -0.979. The number of carboxylic acid groups (broad SMARTS) is 1. The van der Waals surface area contributed by atoms with Gasteiger partial charge in [-0.15, -0.1) is 0 Å². The fourth-order valence-electron chi connectivity index (χ4n) is 1.44. The first kappa shape index (κ1) is 11.1. The molecule has 0 saturated carbocycles. The second kappa shape index (κ2) is 4.22. The summed E-state index contributed by atoms with van der Waals surface area (Å²) in [5, 5.41) is 17.5. The van der Waals surface area contributed by atoms with E-state index in [1.807, 2.05) is 5.48 Å². The third-order valence-corrected chi connectivity index (χ3v) is 2.26. The van der Waals surface area contributed by atoms with Crippen LogP contribution in [-0.2, 0) is 0 Å². The number of carbonyl (C=O) groups is 1. The maximum absolute atomic E-state index is 10.7. The molecule has 0 aliphatic rings. The molecule has 0 aliphatic carbocycles. The molecule has 2 aromatic heterocycles. The quantitative estimate of drug-likeness (QED) is 0.595. The molecule has 17 heavy (non-hydrogen) atoms. The summed E-state index contributed by atoms with van der Waals surface area (Å²) in [7, 11) is 0. The molecule has 2 heterocycles. The van der Waals surface area contributed by atoms with Gasteiger partial charge in [0.05, 0.1) is 5.69 Å². The molecule has 0 fully saturated rings. The topological polar surface area (TPSA) is 111 Å². The first-order chi connectivity index (χ1) is 8.11. The summed E-state index contributed by atoms with van der Waals surface area (Å²) in [4.78, 5) is 21.2. The number of aromatic carboxylic acids is 1. The smallest absolute Gasteiger partial charge is 0.352 e. The minimum absolute atomic E-state index is 0.0590. The minimum Gasteiger partial charge on any atom is -0.477 e. The van der Waals surface area contributed by atoms with Crippen molar-refractivity contribution in [1.82, 2.24) is 15.0 Å². The van der Waals surface area contributed by atoms with E-state index in [2.05, 4.69) is 15.0 Å². The molecule has 0 aromatic carbocycles. The maximum atomic E-state index is 10.7. The number of nitrogens with zero attached hydrogens (tertiary/aromatic N) is 2. The van der Waals surface area contributed by atoms with E-state index in [0.29, 0.717) is 11.3 Å². The lowest BCUT2D eigenvalue weighted by atomic mass is 10.1. The Bertz CT molecular complexity index is 564. The number of rotatable bonds is 3.